The highest BCUT2D eigenvalue weighted by Gasteiger charge is 2.14. The van der Waals surface area contributed by atoms with Crippen LogP contribution in [0.25, 0.3) is 0 Å². The molecule has 1 aromatic heterocycles. The fourth-order valence-corrected chi connectivity index (χ4v) is 3.17. The maximum absolute atomic E-state index is 12.2. The topological polar surface area (TPSA) is 108 Å². The number of thioether (sulfide) groups is 1. The second kappa shape index (κ2) is 8.85. The van der Waals surface area contributed by atoms with E-state index in [1.807, 2.05) is 6.92 Å². The van der Waals surface area contributed by atoms with Gasteiger partial charge in [-0.2, -0.15) is 0 Å². The Morgan fingerprint density at radius 3 is 2.86 bits per heavy atom. The predicted octanol–water partition coefficient (Wildman–Crippen LogP) is 4.49. The largest absolute Gasteiger partial charge is 0.484 e. The number of nitrogens with zero attached hydrogens (tertiary/aromatic N) is 3. The van der Waals surface area contributed by atoms with E-state index in [2.05, 4.69) is 10.2 Å². The minimum atomic E-state index is -0.545. The van der Waals surface area contributed by atoms with Crippen LogP contribution in [-0.2, 0) is 6.61 Å². The van der Waals surface area contributed by atoms with E-state index >= 15 is 0 Å². The number of non-ortho nitro benzene ring substituents is 1. The Bertz CT molecular complexity index is 1020. The first kappa shape index (κ1) is 19.8. The standard InChI is InChI=1S/C18H14ClN3O5S/c1-11-7-13(19)5-6-16(11)26-9-17-20-21-18(27-17)28-10-15(23)12-3-2-4-14(8-12)22(24)25/h2-8H,9-10H2,1H3. The zero-order chi connectivity index (χ0) is 20.1. The van der Waals surface area contributed by atoms with Gasteiger partial charge in [0.2, 0.25) is 0 Å². The Morgan fingerprint density at radius 1 is 1.29 bits per heavy atom. The summed E-state index contributed by atoms with van der Waals surface area (Å²) in [4.78, 5) is 22.5. The molecule has 3 rings (SSSR count). The summed E-state index contributed by atoms with van der Waals surface area (Å²) < 4.78 is 11.1. The monoisotopic (exact) mass is 419 g/mol. The molecule has 0 aliphatic heterocycles. The van der Waals surface area contributed by atoms with Crippen molar-refractivity contribution >= 4 is 34.8 Å². The molecule has 0 aliphatic rings. The molecule has 0 amide bonds. The first-order valence-electron chi connectivity index (χ1n) is 8.04. The summed E-state index contributed by atoms with van der Waals surface area (Å²) in [6.07, 6.45) is 0. The van der Waals surface area contributed by atoms with Crippen LogP contribution < -0.4 is 4.74 Å². The number of carbonyl (C=O) groups excluding carboxylic acids is 1. The summed E-state index contributed by atoms with van der Waals surface area (Å²) in [6, 6.07) is 10.8. The number of nitro benzene ring substituents is 1. The van der Waals surface area contributed by atoms with Crippen molar-refractivity contribution in [3.05, 3.63) is 74.6 Å². The Morgan fingerprint density at radius 2 is 2.11 bits per heavy atom. The molecular formula is C18H14ClN3O5S. The molecule has 0 saturated carbocycles. The second-order valence-electron chi connectivity index (χ2n) is 5.68. The van der Waals surface area contributed by atoms with Crippen molar-refractivity contribution < 1.29 is 18.9 Å². The van der Waals surface area contributed by atoms with Crippen molar-refractivity contribution in [3.63, 3.8) is 0 Å². The Hall–Kier alpha value is -2.91. The first-order chi connectivity index (χ1) is 13.4. The summed E-state index contributed by atoms with van der Waals surface area (Å²) in [7, 11) is 0. The molecule has 1 heterocycles. The molecule has 0 radical (unpaired) electrons. The van der Waals surface area contributed by atoms with E-state index in [0.717, 1.165) is 17.3 Å². The molecule has 0 fully saturated rings. The van der Waals surface area contributed by atoms with Gasteiger partial charge in [-0.3, -0.25) is 14.9 Å². The van der Waals surface area contributed by atoms with Crippen molar-refractivity contribution in [1.82, 2.24) is 10.2 Å². The number of carbonyl (C=O) groups is 1. The molecule has 0 aliphatic carbocycles. The van der Waals surface area contributed by atoms with E-state index in [0.29, 0.717) is 10.8 Å². The molecule has 0 bridgehead atoms. The van der Waals surface area contributed by atoms with Crippen molar-refractivity contribution in [2.75, 3.05) is 5.75 Å². The van der Waals surface area contributed by atoms with Crippen LogP contribution in [0.3, 0.4) is 0 Å². The average molecular weight is 420 g/mol. The lowest BCUT2D eigenvalue weighted by atomic mass is 10.1. The third-order valence-corrected chi connectivity index (χ3v) is 4.70. The molecule has 144 valence electrons. The van der Waals surface area contributed by atoms with E-state index in [9.17, 15) is 14.9 Å². The Balaban J connectivity index is 1.55. The van der Waals surface area contributed by atoms with Crippen LogP contribution in [0.5, 0.6) is 5.75 Å². The molecule has 0 unspecified atom stereocenters. The van der Waals surface area contributed by atoms with E-state index < -0.39 is 4.92 Å². The number of hydrogen-bond donors (Lipinski definition) is 0. The summed E-state index contributed by atoms with van der Waals surface area (Å²) in [5, 5.41) is 19.4. The van der Waals surface area contributed by atoms with Crippen LogP contribution >= 0.6 is 23.4 Å². The van der Waals surface area contributed by atoms with Gasteiger partial charge in [0.1, 0.15) is 5.75 Å². The van der Waals surface area contributed by atoms with Gasteiger partial charge >= 0.3 is 0 Å². The van der Waals surface area contributed by atoms with Crippen LogP contribution in [0.1, 0.15) is 21.8 Å². The van der Waals surface area contributed by atoms with Gasteiger partial charge in [-0.15, -0.1) is 10.2 Å². The lowest BCUT2D eigenvalue weighted by Crippen LogP contribution is -2.03. The normalized spacial score (nSPS) is 10.6. The van der Waals surface area contributed by atoms with Crippen LogP contribution in [0.15, 0.2) is 52.1 Å². The summed E-state index contributed by atoms with van der Waals surface area (Å²) in [5.74, 6) is 0.652. The third-order valence-electron chi connectivity index (χ3n) is 3.64. The van der Waals surface area contributed by atoms with E-state index in [-0.39, 0.29) is 40.5 Å². The fourth-order valence-electron chi connectivity index (χ4n) is 2.27. The molecule has 10 heteroatoms. The predicted molar refractivity (Wildman–Crippen MR) is 103 cm³/mol. The van der Waals surface area contributed by atoms with E-state index in [1.54, 1.807) is 18.2 Å². The SMILES string of the molecule is Cc1cc(Cl)ccc1OCc1nnc(SCC(=O)c2cccc([N+](=O)[O-])c2)o1. The number of benzene rings is 2. The number of ether oxygens (including phenoxy) is 1. The third kappa shape index (κ3) is 5.08. The zero-order valence-electron chi connectivity index (χ0n) is 14.6. The highest BCUT2D eigenvalue weighted by atomic mass is 35.5. The van der Waals surface area contributed by atoms with Gasteiger partial charge in [0, 0.05) is 22.7 Å². The fraction of sp³-hybridized carbons (Fsp3) is 0.167. The van der Waals surface area contributed by atoms with Gasteiger partial charge in [0.05, 0.1) is 10.7 Å². The van der Waals surface area contributed by atoms with Gasteiger partial charge in [-0.1, -0.05) is 35.5 Å². The lowest BCUT2D eigenvalue weighted by Gasteiger charge is -2.06. The number of ketones is 1. The molecule has 0 atom stereocenters. The Labute approximate surface area is 169 Å². The first-order valence-corrected chi connectivity index (χ1v) is 9.40. The van der Waals surface area contributed by atoms with Crippen molar-refractivity contribution in [2.24, 2.45) is 0 Å². The van der Waals surface area contributed by atoms with Crippen molar-refractivity contribution in [1.29, 1.82) is 0 Å². The molecule has 0 spiro atoms. The lowest BCUT2D eigenvalue weighted by molar-refractivity contribution is -0.384. The van der Waals surface area contributed by atoms with E-state index in [4.69, 9.17) is 20.8 Å². The van der Waals surface area contributed by atoms with Gasteiger partial charge in [-0.05, 0) is 30.7 Å². The van der Waals surface area contributed by atoms with Gasteiger partial charge in [-0.25, -0.2) is 0 Å². The summed E-state index contributed by atoms with van der Waals surface area (Å²) in [5.41, 5.74) is 0.998. The number of halogens is 1. The molecule has 0 saturated heterocycles. The molecule has 8 nitrogen and oxygen atoms in total. The molecular weight excluding hydrogens is 406 g/mol. The minimum Gasteiger partial charge on any atom is -0.484 e. The van der Waals surface area contributed by atoms with Crippen LogP contribution in [0.2, 0.25) is 5.02 Å². The quantitative estimate of drug-likeness (QED) is 0.227. The van der Waals surface area contributed by atoms with Gasteiger partial charge < -0.3 is 9.15 Å². The molecule has 3 aromatic rings. The Kier molecular flexibility index (Phi) is 6.27. The number of nitro groups is 1. The number of hydrogen-bond acceptors (Lipinski definition) is 8. The second-order valence-corrected chi connectivity index (χ2v) is 7.04. The van der Waals surface area contributed by atoms with Gasteiger partial charge in [0.15, 0.2) is 12.4 Å². The summed E-state index contributed by atoms with van der Waals surface area (Å²) in [6.45, 7) is 1.95. The number of aromatic nitrogens is 2. The molecule has 0 N–H and O–H groups in total. The summed E-state index contributed by atoms with van der Waals surface area (Å²) >= 11 is 6.96. The number of Topliss-reactive ketones (excluding diaryl/α,β-unsaturated/α-hetero) is 1. The zero-order valence-corrected chi connectivity index (χ0v) is 16.2. The van der Waals surface area contributed by atoms with Gasteiger partial charge in [0.25, 0.3) is 16.8 Å². The van der Waals surface area contributed by atoms with E-state index in [1.165, 1.54) is 24.3 Å². The molecule has 28 heavy (non-hydrogen) atoms. The van der Waals surface area contributed by atoms with Crippen molar-refractivity contribution in [3.8, 4) is 5.75 Å². The van der Waals surface area contributed by atoms with Crippen LogP contribution in [0.4, 0.5) is 5.69 Å². The number of rotatable bonds is 8. The minimum absolute atomic E-state index is 0.0138. The van der Waals surface area contributed by atoms with Crippen LogP contribution in [-0.4, -0.2) is 26.7 Å². The maximum atomic E-state index is 12.2. The highest BCUT2D eigenvalue weighted by Crippen LogP contribution is 2.24. The average Bonchev–Trinajstić information content (AvgIpc) is 3.13. The highest BCUT2D eigenvalue weighted by molar-refractivity contribution is 7.99. The number of aryl methyl sites for hydroxylation is 1. The van der Waals surface area contributed by atoms with Crippen LogP contribution in [0, 0.1) is 17.0 Å². The maximum Gasteiger partial charge on any atom is 0.277 e. The molecule has 2 aromatic carbocycles. The van der Waals surface area contributed by atoms with Crippen molar-refractivity contribution in [2.45, 2.75) is 18.8 Å². The smallest absolute Gasteiger partial charge is 0.277 e.